The van der Waals surface area contributed by atoms with Gasteiger partial charge < -0.3 is 19.3 Å². The second-order valence-corrected chi connectivity index (χ2v) is 7.24. The highest BCUT2D eigenvalue weighted by Gasteiger charge is 2.25. The van der Waals surface area contributed by atoms with Gasteiger partial charge in [-0.1, -0.05) is 0 Å². The molecular weight excluding hydrogens is 397 g/mol. The first-order chi connectivity index (χ1) is 15.1. The van der Waals surface area contributed by atoms with Gasteiger partial charge in [0, 0.05) is 37.4 Å². The fourth-order valence-corrected chi connectivity index (χ4v) is 3.67. The van der Waals surface area contributed by atoms with Gasteiger partial charge in [-0.3, -0.25) is 4.79 Å². The predicted octanol–water partition coefficient (Wildman–Crippen LogP) is 3.87. The molecule has 7 heteroatoms. The summed E-state index contributed by atoms with van der Waals surface area (Å²) in [4.78, 5) is 21.6. The molecule has 0 atom stereocenters. The van der Waals surface area contributed by atoms with Gasteiger partial charge in [-0.15, -0.1) is 0 Å². The Balaban J connectivity index is 1.47. The lowest BCUT2D eigenvalue weighted by Gasteiger charge is -2.36. The zero-order chi connectivity index (χ0) is 21.8. The third-order valence-electron chi connectivity index (χ3n) is 5.43. The summed E-state index contributed by atoms with van der Waals surface area (Å²) in [5.74, 6) is 0.709. The average Bonchev–Trinajstić information content (AvgIpc) is 2.84. The molecule has 0 bridgehead atoms. The molecule has 1 aliphatic heterocycles. The summed E-state index contributed by atoms with van der Waals surface area (Å²) >= 11 is 0. The first-order valence-electron chi connectivity index (χ1n) is 10.1. The predicted molar refractivity (Wildman–Crippen MR) is 117 cm³/mol. The lowest BCUT2D eigenvalue weighted by atomic mass is 10.1. The summed E-state index contributed by atoms with van der Waals surface area (Å²) in [7, 11) is 3.14. The number of carbonyl (C=O) groups excluding carboxylic acids is 1. The van der Waals surface area contributed by atoms with E-state index in [1.165, 1.54) is 19.2 Å². The van der Waals surface area contributed by atoms with Crippen LogP contribution in [0.4, 0.5) is 10.1 Å². The number of pyridine rings is 1. The van der Waals surface area contributed by atoms with E-state index in [1.54, 1.807) is 30.2 Å². The number of aromatic nitrogens is 1. The van der Waals surface area contributed by atoms with E-state index in [1.807, 2.05) is 30.3 Å². The van der Waals surface area contributed by atoms with E-state index in [2.05, 4.69) is 9.88 Å². The van der Waals surface area contributed by atoms with Gasteiger partial charge in [-0.05, 0) is 60.7 Å². The fourth-order valence-electron chi connectivity index (χ4n) is 3.67. The second kappa shape index (κ2) is 9.04. The third kappa shape index (κ3) is 4.45. The number of hydrogen-bond acceptors (Lipinski definition) is 5. The molecule has 1 aliphatic rings. The number of anilines is 1. The highest BCUT2D eigenvalue weighted by Crippen LogP contribution is 2.26. The van der Waals surface area contributed by atoms with Crippen molar-refractivity contribution >= 4 is 11.6 Å². The van der Waals surface area contributed by atoms with Crippen molar-refractivity contribution in [3.05, 3.63) is 72.0 Å². The zero-order valence-electron chi connectivity index (χ0n) is 17.5. The molecule has 3 aromatic rings. The summed E-state index contributed by atoms with van der Waals surface area (Å²) in [6, 6.07) is 17.6. The monoisotopic (exact) mass is 421 g/mol. The minimum atomic E-state index is -0.254. The Kier molecular flexibility index (Phi) is 6.02. The molecule has 31 heavy (non-hydrogen) atoms. The van der Waals surface area contributed by atoms with Gasteiger partial charge in [0.1, 0.15) is 17.1 Å². The average molecular weight is 421 g/mol. The van der Waals surface area contributed by atoms with E-state index in [-0.39, 0.29) is 11.7 Å². The second-order valence-electron chi connectivity index (χ2n) is 7.24. The minimum absolute atomic E-state index is 0.107. The summed E-state index contributed by atoms with van der Waals surface area (Å²) < 4.78 is 23.8. The molecule has 4 rings (SSSR count). The van der Waals surface area contributed by atoms with E-state index >= 15 is 0 Å². The molecule has 160 valence electrons. The molecule has 0 unspecified atom stereocenters. The van der Waals surface area contributed by atoms with Crippen LogP contribution in [0.1, 0.15) is 10.4 Å². The quantitative estimate of drug-likeness (QED) is 0.626. The Morgan fingerprint density at radius 2 is 1.55 bits per heavy atom. The number of carbonyl (C=O) groups is 1. The highest BCUT2D eigenvalue weighted by atomic mass is 19.1. The summed E-state index contributed by atoms with van der Waals surface area (Å²) in [6.07, 6.45) is 0. The molecule has 0 aliphatic carbocycles. The first-order valence-corrected chi connectivity index (χ1v) is 10.1. The van der Waals surface area contributed by atoms with Gasteiger partial charge in [0.25, 0.3) is 5.91 Å². The van der Waals surface area contributed by atoms with Crippen molar-refractivity contribution in [2.24, 2.45) is 0 Å². The molecule has 0 radical (unpaired) electrons. The standard InChI is InChI=1S/C24H24FN3O3/c1-30-20-9-3-17(4-10-20)22-12-11-21(23(26-22)31-2)24(29)28-15-13-27(14-16-28)19-7-5-18(25)6-8-19/h3-12H,13-16H2,1-2H3. The van der Waals surface area contributed by atoms with Crippen molar-refractivity contribution in [3.8, 4) is 22.9 Å². The van der Waals surface area contributed by atoms with Crippen molar-refractivity contribution in [2.45, 2.75) is 0 Å². The Bertz CT molecular complexity index is 1050. The molecule has 6 nitrogen and oxygen atoms in total. The van der Waals surface area contributed by atoms with Crippen molar-refractivity contribution in [3.63, 3.8) is 0 Å². The maximum Gasteiger partial charge on any atom is 0.259 e. The van der Waals surface area contributed by atoms with Crippen LogP contribution in [0.2, 0.25) is 0 Å². The molecule has 1 fully saturated rings. The molecule has 1 aromatic heterocycles. The van der Waals surface area contributed by atoms with Gasteiger partial charge in [0.05, 0.1) is 19.9 Å². The number of rotatable bonds is 5. The summed E-state index contributed by atoms with van der Waals surface area (Å²) in [6.45, 7) is 2.49. The highest BCUT2D eigenvalue weighted by molar-refractivity contribution is 5.97. The zero-order valence-corrected chi connectivity index (χ0v) is 17.5. The maximum atomic E-state index is 13.2. The Morgan fingerprint density at radius 1 is 0.871 bits per heavy atom. The van der Waals surface area contributed by atoms with Crippen LogP contribution in [0.5, 0.6) is 11.6 Å². The van der Waals surface area contributed by atoms with Gasteiger partial charge >= 0.3 is 0 Å². The van der Waals surface area contributed by atoms with E-state index < -0.39 is 0 Å². The van der Waals surface area contributed by atoms with Crippen LogP contribution >= 0.6 is 0 Å². The lowest BCUT2D eigenvalue weighted by molar-refractivity contribution is 0.0742. The van der Waals surface area contributed by atoms with Crippen LogP contribution in [0.15, 0.2) is 60.7 Å². The lowest BCUT2D eigenvalue weighted by Crippen LogP contribution is -2.48. The topological polar surface area (TPSA) is 54.9 Å². The fraction of sp³-hybridized carbons (Fsp3) is 0.250. The number of hydrogen-bond donors (Lipinski definition) is 0. The number of piperazine rings is 1. The number of benzene rings is 2. The molecule has 0 N–H and O–H groups in total. The Labute approximate surface area is 180 Å². The molecule has 0 spiro atoms. The van der Waals surface area contributed by atoms with Gasteiger partial charge in [-0.25, -0.2) is 9.37 Å². The van der Waals surface area contributed by atoms with Crippen LogP contribution in [-0.2, 0) is 0 Å². The number of amides is 1. The third-order valence-corrected chi connectivity index (χ3v) is 5.43. The molecule has 1 amide bonds. The molecule has 2 heterocycles. The van der Waals surface area contributed by atoms with E-state index in [4.69, 9.17) is 9.47 Å². The maximum absolute atomic E-state index is 13.2. The smallest absolute Gasteiger partial charge is 0.259 e. The summed E-state index contributed by atoms with van der Waals surface area (Å²) in [5, 5.41) is 0. The van der Waals surface area contributed by atoms with Gasteiger partial charge in [-0.2, -0.15) is 0 Å². The van der Waals surface area contributed by atoms with E-state index in [9.17, 15) is 9.18 Å². The number of ether oxygens (including phenoxy) is 2. The van der Waals surface area contributed by atoms with Crippen molar-refractivity contribution in [1.29, 1.82) is 0 Å². The minimum Gasteiger partial charge on any atom is -0.497 e. The van der Waals surface area contributed by atoms with E-state index in [0.717, 1.165) is 22.7 Å². The molecule has 0 saturated carbocycles. The normalized spacial score (nSPS) is 13.8. The number of nitrogens with zero attached hydrogens (tertiary/aromatic N) is 3. The van der Waals surface area contributed by atoms with E-state index in [0.29, 0.717) is 37.6 Å². The molecule has 2 aromatic carbocycles. The van der Waals surface area contributed by atoms with Crippen molar-refractivity contribution < 1.29 is 18.7 Å². The molecular formula is C24H24FN3O3. The van der Waals surface area contributed by atoms with Gasteiger partial charge in [0.2, 0.25) is 5.88 Å². The van der Waals surface area contributed by atoms with Crippen LogP contribution in [0.3, 0.4) is 0 Å². The van der Waals surface area contributed by atoms with Crippen LogP contribution in [-0.4, -0.2) is 56.2 Å². The van der Waals surface area contributed by atoms with Crippen molar-refractivity contribution in [2.75, 3.05) is 45.3 Å². The van der Waals surface area contributed by atoms with Crippen LogP contribution in [0.25, 0.3) is 11.3 Å². The largest absolute Gasteiger partial charge is 0.497 e. The Hall–Kier alpha value is -3.61. The number of methoxy groups -OCH3 is 2. The van der Waals surface area contributed by atoms with Crippen molar-refractivity contribution in [1.82, 2.24) is 9.88 Å². The first kappa shape index (κ1) is 20.7. The van der Waals surface area contributed by atoms with Gasteiger partial charge in [0.15, 0.2) is 0 Å². The summed E-state index contributed by atoms with van der Waals surface area (Å²) in [5.41, 5.74) is 3.02. The molecule has 1 saturated heterocycles. The Morgan fingerprint density at radius 3 is 2.16 bits per heavy atom. The van der Waals surface area contributed by atoms with Crippen LogP contribution in [0, 0.1) is 5.82 Å². The number of halogens is 1. The SMILES string of the molecule is COc1ccc(-c2ccc(C(=O)N3CCN(c4ccc(F)cc4)CC3)c(OC)n2)cc1. The van der Waals surface area contributed by atoms with Crippen LogP contribution < -0.4 is 14.4 Å².